The van der Waals surface area contributed by atoms with Crippen LogP contribution in [0.5, 0.6) is 0 Å². The Morgan fingerprint density at radius 2 is 2.16 bits per heavy atom. The highest BCUT2D eigenvalue weighted by molar-refractivity contribution is 7.80. The van der Waals surface area contributed by atoms with Crippen molar-refractivity contribution in [2.45, 2.75) is 52.0 Å². The molecule has 0 aromatic heterocycles. The van der Waals surface area contributed by atoms with Crippen molar-refractivity contribution in [2.75, 3.05) is 11.4 Å². The number of rotatable bonds is 3. The van der Waals surface area contributed by atoms with Crippen LogP contribution in [0.2, 0.25) is 0 Å². The van der Waals surface area contributed by atoms with Gasteiger partial charge in [0.1, 0.15) is 4.99 Å². The van der Waals surface area contributed by atoms with Crippen molar-refractivity contribution in [3.63, 3.8) is 0 Å². The van der Waals surface area contributed by atoms with Crippen molar-refractivity contribution in [3.05, 3.63) is 29.3 Å². The highest BCUT2D eigenvalue weighted by atomic mass is 32.1. The van der Waals surface area contributed by atoms with Gasteiger partial charge in [0.15, 0.2) is 0 Å². The quantitative estimate of drug-likeness (QED) is 0.852. The molecule has 1 saturated heterocycles. The van der Waals surface area contributed by atoms with Crippen LogP contribution in [0.4, 0.5) is 5.69 Å². The first-order valence-electron chi connectivity index (χ1n) is 7.30. The molecule has 1 aliphatic rings. The van der Waals surface area contributed by atoms with Crippen LogP contribution in [0.25, 0.3) is 0 Å². The molecule has 0 saturated carbocycles. The maximum absolute atomic E-state index is 5.90. The van der Waals surface area contributed by atoms with E-state index in [4.69, 9.17) is 18.0 Å². The van der Waals surface area contributed by atoms with E-state index in [2.05, 4.69) is 36.9 Å². The van der Waals surface area contributed by atoms with Crippen molar-refractivity contribution in [3.8, 4) is 0 Å². The van der Waals surface area contributed by atoms with Gasteiger partial charge >= 0.3 is 0 Å². The number of thiocarbonyl (C=S) groups is 1. The normalized spacial score (nSPS) is 20.1. The number of hydrogen-bond donors (Lipinski definition) is 1. The molecule has 2 rings (SSSR count). The Kier molecular flexibility index (Phi) is 4.81. The zero-order valence-electron chi connectivity index (χ0n) is 12.0. The first-order valence-corrected chi connectivity index (χ1v) is 7.71. The van der Waals surface area contributed by atoms with Gasteiger partial charge in [-0.3, -0.25) is 0 Å². The molecule has 19 heavy (non-hydrogen) atoms. The molecule has 1 fully saturated rings. The standard InChI is InChI=1S/C16H24N2S/c1-3-13-7-5-4-6-10-18(13)15-11-12(2)8-9-14(15)16(17)19/h8-9,11,13H,3-7,10H2,1-2H3,(H2,17,19). The maximum atomic E-state index is 5.90. The van der Waals surface area contributed by atoms with Crippen molar-refractivity contribution >= 4 is 22.9 Å². The fraction of sp³-hybridized carbons (Fsp3) is 0.562. The summed E-state index contributed by atoms with van der Waals surface area (Å²) < 4.78 is 0. The minimum absolute atomic E-state index is 0.508. The van der Waals surface area contributed by atoms with Gasteiger partial charge in [-0.25, -0.2) is 0 Å². The second kappa shape index (κ2) is 6.38. The fourth-order valence-electron chi connectivity index (χ4n) is 3.01. The predicted octanol–water partition coefficient (Wildman–Crippen LogP) is 3.79. The monoisotopic (exact) mass is 276 g/mol. The third-order valence-electron chi connectivity index (χ3n) is 4.08. The molecule has 1 heterocycles. The van der Waals surface area contributed by atoms with Gasteiger partial charge in [-0.05, 0) is 43.9 Å². The van der Waals surface area contributed by atoms with Crippen LogP contribution in [-0.2, 0) is 0 Å². The highest BCUT2D eigenvalue weighted by Crippen LogP contribution is 2.29. The molecule has 3 heteroatoms. The number of hydrogen-bond acceptors (Lipinski definition) is 2. The van der Waals surface area contributed by atoms with Crippen molar-refractivity contribution in [1.82, 2.24) is 0 Å². The van der Waals surface area contributed by atoms with Crippen LogP contribution in [0.1, 0.15) is 50.2 Å². The van der Waals surface area contributed by atoms with E-state index in [0.717, 1.165) is 12.1 Å². The molecule has 1 aromatic carbocycles. The summed E-state index contributed by atoms with van der Waals surface area (Å²) >= 11 is 5.22. The molecular formula is C16H24N2S. The van der Waals surface area contributed by atoms with Crippen LogP contribution in [0.15, 0.2) is 18.2 Å². The maximum Gasteiger partial charge on any atom is 0.106 e. The van der Waals surface area contributed by atoms with Crippen molar-refractivity contribution < 1.29 is 0 Å². The van der Waals surface area contributed by atoms with Crippen LogP contribution >= 0.6 is 12.2 Å². The Morgan fingerprint density at radius 3 is 2.84 bits per heavy atom. The SMILES string of the molecule is CCC1CCCCCN1c1cc(C)ccc1C(N)=S. The van der Waals surface area contributed by atoms with Gasteiger partial charge < -0.3 is 10.6 Å². The topological polar surface area (TPSA) is 29.3 Å². The molecule has 1 aliphatic heterocycles. The summed E-state index contributed by atoms with van der Waals surface area (Å²) in [7, 11) is 0. The number of anilines is 1. The van der Waals surface area contributed by atoms with E-state index >= 15 is 0 Å². The van der Waals surface area contributed by atoms with Crippen molar-refractivity contribution in [1.29, 1.82) is 0 Å². The van der Waals surface area contributed by atoms with Gasteiger partial charge in [-0.15, -0.1) is 0 Å². The molecule has 2 nitrogen and oxygen atoms in total. The van der Waals surface area contributed by atoms with E-state index in [1.807, 2.05) is 0 Å². The Balaban J connectivity index is 2.42. The summed E-state index contributed by atoms with van der Waals surface area (Å²) in [5.41, 5.74) is 9.44. The van der Waals surface area contributed by atoms with E-state index in [0.29, 0.717) is 11.0 Å². The highest BCUT2D eigenvalue weighted by Gasteiger charge is 2.22. The number of nitrogens with two attached hydrogens (primary N) is 1. The Labute approximate surface area is 122 Å². The van der Waals surface area contributed by atoms with Gasteiger partial charge in [0.2, 0.25) is 0 Å². The van der Waals surface area contributed by atoms with E-state index in [-0.39, 0.29) is 0 Å². The first kappa shape index (κ1) is 14.3. The van der Waals surface area contributed by atoms with Gasteiger partial charge in [-0.2, -0.15) is 0 Å². The lowest BCUT2D eigenvalue weighted by molar-refractivity contribution is 0.556. The van der Waals surface area contributed by atoms with E-state index in [9.17, 15) is 0 Å². The largest absolute Gasteiger partial charge is 0.389 e. The predicted molar refractivity (Wildman–Crippen MR) is 87.0 cm³/mol. The second-order valence-corrected chi connectivity index (χ2v) is 5.93. The summed E-state index contributed by atoms with van der Waals surface area (Å²) in [6.45, 7) is 5.53. The number of benzene rings is 1. The number of aryl methyl sites for hydroxylation is 1. The van der Waals surface area contributed by atoms with Gasteiger partial charge in [0, 0.05) is 23.8 Å². The van der Waals surface area contributed by atoms with Gasteiger partial charge in [0.05, 0.1) is 0 Å². The molecule has 2 N–H and O–H groups in total. The third kappa shape index (κ3) is 3.27. The Morgan fingerprint density at radius 1 is 1.37 bits per heavy atom. The lowest BCUT2D eigenvalue weighted by Gasteiger charge is -2.33. The minimum Gasteiger partial charge on any atom is -0.389 e. The minimum atomic E-state index is 0.508. The van der Waals surface area contributed by atoms with Gasteiger partial charge in [-0.1, -0.05) is 38.0 Å². The summed E-state index contributed by atoms with van der Waals surface area (Å²) in [6.07, 6.45) is 6.40. The third-order valence-corrected chi connectivity index (χ3v) is 4.30. The molecule has 0 spiro atoms. The van der Waals surface area contributed by atoms with E-state index in [1.54, 1.807) is 0 Å². The Hall–Kier alpha value is -1.09. The van der Waals surface area contributed by atoms with Crippen LogP contribution < -0.4 is 10.6 Å². The first-order chi connectivity index (χ1) is 9.13. The fourth-order valence-corrected chi connectivity index (χ4v) is 3.18. The molecular weight excluding hydrogens is 252 g/mol. The summed E-state index contributed by atoms with van der Waals surface area (Å²) in [6, 6.07) is 7.03. The zero-order valence-corrected chi connectivity index (χ0v) is 12.8. The van der Waals surface area contributed by atoms with Crippen molar-refractivity contribution in [2.24, 2.45) is 5.73 Å². The molecule has 0 radical (unpaired) electrons. The van der Waals surface area contributed by atoms with Crippen LogP contribution in [-0.4, -0.2) is 17.6 Å². The Bertz CT molecular complexity index is 456. The summed E-state index contributed by atoms with van der Waals surface area (Å²) in [4.78, 5) is 3.04. The number of nitrogens with zero attached hydrogens (tertiary/aromatic N) is 1. The smallest absolute Gasteiger partial charge is 0.106 e. The van der Waals surface area contributed by atoms with E-state index < -0.39 is 0 Å². The van der Waals surface area contributed by atoms with E-state index in [1.165, 1.54) is 43.4 Å². The lowest BCUT2D eigenvalue weighted by atomic mass is 10.0. The molecule has 1 unspecified atom stereocenters. The molecule has 104 valence electrons. The molecule has 0 amide bonds. The molecule has 0 bridgehead atoms. The van der Waals surface area contributed by atoms with Gasteiger partial charge in [0.25, 0.3) is 0 Å². The second-order valence-electron chi connectivity index (χ2n) is 5.49. The lowest BCUT2D eigenvalue weighted by Crippen LogP contribution is -2.36. The average molecular weight is 276 g/mol. The molecule has 1 atom stereocenters. The van der Waals surface area contributed by atoms with Crippen LogP contribution in [0.3, 0.4) is 0 Å². The zero-order chi connectivity index (χ0) is 13.8. The van der Waals surface area contributed by atoms with Crippen LogP contribution in [0, 0.1) is 6.92 Å². The average Bonchev–Trinajstić information content (AvgIpc) is 2.63. The summed E-state index contributed by atoms with van der Waals surface area (Å²) in [5.74, 6) is 0. The summed E-state index contributed by atoms with van der Waals surface area (Å²) in [5, 5.41) is 0. The molecule has 1 aromatic rings. The molecule has 0 aliphatic carbocycles.